The smallest absolute Gasteiger partial charge is 0.225 e. The topological polar surface area (TPSA) is 52.6 Å². The van der Waals surface area contributed by atoms with Crippen molar-refractivity contribution in [3.8, 4) is 0 Å². The zero-order chi connectivity index (χ0) is 21.9. The summed E-state index contributed by atoms with van der Waals surface area (Å²) in [6.45, 7) is 4.12. The highest BCUT2D eigenvalue weighted by Crippen LogP contribution is 2.32. The number of amides is 1. The van der Waals surface area contributed by atoms with Gasteiger partial charge in [-0.25, -0.2) is 14.4 Å². The van der Waals surface area contributed by atoms with Crippen molar-refractivity contribution in [2.45, 2.75) is 70.1 Å². The van der Waals surface area contributed by atoms with Crippen molar-refractivity contribution < 1.29 is 9.18 Å². The average molecular weight is 438 g/mol. The highest BCUT2D eigenvalue weighted by Gasteiger charge is 2.40. The molecule has 3 aliphatic heterocycles. The van der Waals surface area contributed by atoms with E-state index in [0.29, 0.717) is 18.5 Å². The van der Waals surface area contributed by atoms with Gasteiger partial charge in [-0.1, -0.05) is 24.6 Å². The van der Waals surface area contributed by atoms with Crippen molar-refractivity contribution in [1.82, 2.24) is 19.8 Å². The van der Waals surface area contributed by atoms with Crippen LogP contribution in [0.5, 0.6) is 0 Å². The van der Waals surface area contributed by atoms with Crippen LogP contribution in [0.3, 0.4) is 0 Å². The fourth-order valence-electron chi connectivity index (χ4n) is 5.56. The molecule has 2 aromatic rings. The van der Waals surface area contributed by atoms with Crippen LogP contribution in [0, 0.1) is 5.82 Å². The lowest BCUT2D eigenvalue weighted by molar-refractivity contribution is -0.135. The Morgan fingerprint density at radius 1 is 0.938 bits per heavy atom. The van der Waals surface area contributed by atoms with E-state index in [0.717, 1.165) is 63.5 Å². The predicted octanol–water partition coefficient (Wildman–Crippen LogP) is 3.76. The Hall–Kier alpha value is -2.54. The summed E-state index contributed by atoms with van der Waals surface area (Å²) >= 11 is 0. The third kappa shape index (κ3) is 4.49. The van der Waals surface area contributed by atoms with E-state index in [-0.39, 0.29) is 23.8 Å². The zero-order valence-electron chi connectivity index (χ0n) is 18.6. The van der Waals surface area contributed by atoms with Gasteiger partial charge in [0.05, 0.1) is 5.69 Å². The summed E-state index contributed by atoms with van der Waals surface area (Å²) in [5, 5.41) is 0. The molecule has 1 aromatic heterocycles. The highest BCUT2D eigenvalue weighted by atomic mass is 19.1. The molecule has 4 heterocycles. The normalized spacial score (nSPS) is 24.5. The Labute approximate surface area is 189 Å². The largest absolute Gasteiger partial charge is 0.341 e. The number of aromatic nitrogens is 2. The van der Waals surface area contributed by atoms with E-state index in [9.17, 15) is 9.18 Å². The molecule has 5 rings (SSSR count). The molecule has 3 saturated heterocycles. The van der Waals surface area contributed by atoms with Gasteiger partial charge in [-0.2, -0.15) is 0 Å². The Morgan fingerprint density at radius 3 is 2.62 bits per heavy atom. The molecule has 0 spiro atoms. The first-order chi connectivity index (χ1) is 15.7. The summed E-state index contributed by atoms with van der Waals surface area (Å²) in [6.07, 6.45) is 8.78. The maximum Gasteiger partial charge on any atom is 0.225 e. The summed E-state index contributed by atoms with van der Waals surface area (Å²) in [5.74, 6) is 0.761. The van der Waals surface area contributed by atoms with Crippen LogP contribution >= 0.6 is 0 Å². The third-order valence-electron chi connectivity index (χ3n) is 7.24. The molecule has 1 amide bonds. The van der Waals surface area contributed by atoms with E-state index in [2.05, 4.69) is 14.8 Å². The van der Waals surface area contributed by atoms with Crippen molar-refractivity contribution in [3.05, 3.63) is 53.6 Å². The Balaban J connectivity index is 1.34. The van der Waals surface area contributed by atoms with Gasteiger partial charge in [0, 0.05) is 63.0 Å². The summed E-state index contributed by atoms with van der Waals surface area (Å²) in [4.78, 5) is 29.1. The molecule has 2 atom stereocenters. The molecule has 0 aliphatic carbocycles. The van der Waals surface area contributed by atoms with Crippen molar-refractivity contribution in [1.29, 1.82) is 0 Å². The molecule has 6 nitrogen and oxygen atoms in total. The molecule has 7 heteroatoms. The standard InChI is InChI=1S/C25H32FN5O/c26-21-8-2-1-7-19(21)17-31-23-12-16-30(22(23)9-3-4-10-24(31)32)18-20-11-13-27-25(28-20)29-14-5-6-15-29/h1-2,7-8,11,13,22-23H,3-6,9-10,12,14-18H2/t22-,23+/m1/s1. The van der Waals surface area contributed by atoms with E-state index in [4.69, 9.17) is 4.98 Å². The summed E-state index contributed by atoms with van der Waals surface area (Å²) in [5.41, 5.74) is 1.64. The van der Waals surface area contributed by atoms with Crippen LogP contribution in [-0.4, -0.2) is 57.4 Å². The second kappa shape index (κ2) is 9.53. The zero-order valence-corrected chi connectivity index (χ0v) is 18.6. The maximum absolute atomic E-state index is 14.4. The van der Waals surface area contributed by atoms with Gasteiger partial charge in [0.1, 0.15) is 5.82 Å². The lowest BCUT2D eigenvalue weighted by atomic mass is 9.96. The maximum atomic E-state index is 14.4. The Morgan fingerprint density at radius 2 is 1.78 bits per heavy atom. The molecule has 3 aliphatic rings. The lowest BCUT2D eigenvalue weighted by Crippen LogP contribution is -2.48. The number of nitrogens with zero attached hydrogens (tertiary/aromatic N) is 5. The number of rotatable bonds is 5. The molecule has 0 radical (unpaired) electrons. The molecular weight excluding hydrogens is 405 g/mol. The molecule has 0 N–H and O–H groups in total. The monoisotopic (exact) mass is 437 g/mol. The van der Waals surface area contributed by atoms with Crippen LogP contribution in [-0.2, 0) is 17.9 Å². The van der Waals surface area contributed by atoms with Crippen molar-refractivity contribution in [2.75, 3.05) is 24.5 Å². The second-order valence-electron chi connectivity index (χ2n) is 9.29. The molecule has 1 aromatic carbocycles. The average Bonchev–Trinajstić information content (AvgIpc) is 3.46. The van der Waals surface area contributed by atoms with Gasteiger partial charge >= 0.3 is 0 Å². The van der Waals surface area contributed by atoms with E-state index in [1.54, 1.807) is 12.1 Å². The first-order valence-electron chi connectivity index (χ1n) is 12.0. The number of carbonyl (C=O) groups excluding carboxylic acids is 1. The molecule has 3 fully saturated rings. The van der Waals surface area contributed by atoms with Crippen LogP contribution in [0.1, 0.15) is 56.2 Å². The van der Waals surface area contributed by atoms with Gasteiger partial charge in [0.15, 0.2) is 0 Å². The minimum atomic E-state index is -0.232. The minimum Gasteiger partial charge on any atom is -0.341 e. The number of carbonyl (C=O) groups is 1. The molecule has 0 saturated carbocycles. The highest BCUT2D eigenvalue weighted by molar-refractivity contribution is 5.76. The van der Waals surface area contributed by atoms with Gasteiger partial charge < -0.3 is 9.80 Å². The quantitative estimate of drug-likeness (QED) is 0.713. The van der Waals surface area contributed by atoms with Crippen molar-refractivity contribution in [3.63, 3.8) is 0 Å². The molecular formula is C25H32FN5O. The van der Waals surface area contributed by atoms with Gasteiger partial charge in [-0.05, 0) is 44.2 Å². The molecule has 170 valence electrons. The Kier molecular flexibility index (Phi) is 6.35. The fourth-order valence-corrected chi connectivity index (χ4v) is 5.56. The van der Waals surface area contributed by atoms with Crippen molar-refractivity contribution >= 4 is 11.9 Å². The number of fused-ring (bicyclic) bond motifs is 1. The molecule has 0 unspecified atom stereocenters. The van der Waals surface area contributed by atoms with Crippen LogP contribution in [0.2, 0.25) is 0 Å². The number of benzene rings is 1. The Bertz CT molecular complexity index is 947. The van der Waals surface area contributed by atoms with Gasteiger partial charge in [-0.3, -0.25) is 9.69 Å². The second-order valence-corrected chi connectivity index (χ2v) is 9.29. The number of hydrogen-bond donors (Lipinski definition) is 0. The van der Waals surface area contributed by atoms with Gasteiger partial charge in [0.2, 0.25) is 11.9 Å². The van der Waals surface area contributed by atoms with Crippen LogP contribution in [0.25, 0.3) is 0 Å². The minimum absolute atomic E-state index is 0.127. The van der Waals surface area contributed by atoms with Crippen LogP contribution in [0.15, 0.2) is 36.5 Å². The first-order valence-corrected chi connectivity index (χ1v) is 12.0. The van der Waals surface area contributed by atoms with E-state index in [1.807, 2.05) is 23.2 Å². The van der Waals surface area contributed by atoms with Gasteiger partial charge in [0.25, 0.3) is 0 Å². The van der Waals surface area contributed by atoms with Crippen LogP contribution in [0.4, 0.5) is 10.3 Å². The molecule has 0 bridgehead atoms. The van der Waals surface area contributed by atoms with Crippen LogP contribution < -0.4 is 4.90 Å². The summed E-state index contributed by atoms with van der Waals surface area (Å²) < 4.78 is 14.4. The summed E-state index contributed by atoms with van der Waals surface area (Å²) in [6, 6.07) is 9.25. The lowest BCUT2D eigenvalue weighted by Gasteiger charge is -2.37. The number of anilines is 1. The van der Waals surface area contributed by atoms with E-state index >= 15 is 0 Å². The fraction of sp³-hybridized carbons (Fsp3) is 0.560. The predicted molar refractivity (Wildman–Crippen MR) is 122 cm³/mol. The summed E-state index contributed by atoms with van der Waals surface area (Å²) in [7, 11) is 0. The molecule has 32 heavy (non-hydrogen) atoms. The number of halogens is 1. The third-order valence-corrected chi connectivity index (χ3v) is 7.24. The van der Waals surface area contributed by atoms with E-state index in [1.165, 1.54) is 18.9 Å². The SMILES string of the molecule is O=C1CCCC[C@@H]2[C@H](CCN2Cc2ccnc(N3CCCC3)n2)N1Cc1ccccc1F. The number of hydrogen-bond acceptors (Lipinski definition) is 5. The first kappa shape index (κ1) is 21.3. The number of likely N-dealkylation sites (tertiary alicyclic amines) is 2. The van der Waals surface area contributed by atoms with E-state index < -0.39 is 0 Å². The van der Waals surface area contributed by atoms with Gasteiger partial charge in [-0.15, -0.1) is 0 Å². The van der Waals surface area contributed by atoms with Crippen molar-refractivity contribution in [2.24, 2.45) is 0 Å².